The summed E-state index contributed by atoms with van der Waals surface area (Å²) in [6.45, 7) is 2.96. The van der Waals surface area contributed by atoms with Gasteiger partial charge >= 0.3 is 5.97 Å². The average molecular weight is 196 g/mol. The minimum Gasteiger partial charge on any atom is -0.396 e. The zero-order chi connectivity index (χ0) is 10.9. The van der Waals surface area contributed by atoms with Gasteiger partial charge in [-0.25, -0.2) is 4.79 Å². The minimum absolute atomic E-state index is 0.183. The summed E-state index contributed by atoms with van der Waals surface area (Å²) < 4.78 is 0. The van der Waals surface area contributed by atoms with Gasteiger partial charge in [-0.3, -0.25) is 0 Å². The van der Waals surface area contributed by atoms with Gasteiger partial charge in [0.2, 0.25) is 0 Å². The van der Waals surface area contributed by atoms with Crippen molar-refractivity contribution < 1.29 is 30.3 Å². The molecule has 0 aliphatic heterocycles. The van der Waals surface area contributed by atoms with E-state index in [0.717, 1.165) is 0 Å². The fourth-order valence-corrected chi connectivity index (χ4v) is 0.159. The molecule has 6 heteroatoms. The molecule has 80 valence electrons. The van der Waals surface area contributed by atoms with Crippen molar-refractivity contribution >= 4 is 5.97 Å². The summed E-state index contributed by atoms with van der Waals surface area (Å²) in [6, 6.07) is 0. The Labute approximate surface area is 76.3 Å². The first-order chi connectivity index (χ1) is 5.99. The molecular formula is C7H16O6. The molecule has 0 fully saturated rings. The van der Waals surface area contributed by atoms with Gasteiger partial charge in [-0.2, -0.15) is 5.26 Å². The van der Waals surface area contributed by atoms with Crippen LogP contribution in [0.5, 0.6) is 0 Å². The maximum atomic E-state index is 9.71. The van der Waals surface area contributed by atoms with Crippen LogP contribution < -0.4 is 0 Å². The van der Waals surface area contributed by atoms with Crippen molar-refractivity contribution in [3.63, 3.8) is 0 Å². The molecule has 0 heterocycles. The summed E-state index contributed by atoms with van der Waals surface area (Å²) in [7, 11) is 0. The monoisotopic (exact) mass is 196 g/mol. The van der Waals surface area contributed by atoms with E-state index >= 15 is 0 Å². The van der Waals surface area contributed by atoms with Crippen molar-refractivity contribution in [2.75, 3.05) is 6.61 Å². The number of carbonyl (C=O) groups is 1. The average Bonchev–Trinajstić information content (AvgIpc) is 2.16. The molecule has 6 nitrogen and oxygen atoms in total. The fraction of sp³-hybridized carbons (Fsp3) is 0.857. The predicted molar refractivity (Wildman–Crippen MR) is 43.5 cm³/mol. The fourth-order valence-electron chi connectivity index (χ4n) is 0.159. The molecule has 0 radical (unpaired) electrons. The standard InChI is InChI=1S/C4H10O3.C3H6O3/c1-3(2-5)4(6)7;1-2-3(4)6-5/h3-7H,2H2,1H3;5H,2H2,1H3. The largest absolute Gasteiger partial charge is 0.396 e. The first-order valence-corrected chi connectivity index (χ1v) is 3.80. The lowest BCUT2D eigenvalue weighted by Crippen LogP contribution is -2.19. The van der Waals surface area contributed by atoms with Crippen molar-refractivity contribution in [3.05, 3.63) is 0 Å². The number of hydrogen-bond acceptors (Lipinski definition) is 6. The molecule has 0 saturated heterocycles. The van der Waals surface area contributed by atoms with Gasteiger partial charge < -0.3 is 20.2 Å². The van der Waals surface area contributed by atoms with Crippen LogP contribution in [0.1, 0.15) is 20.3 Å². The molecule has 13 heavy (non-hydrogen) atoms. The van der Waals surface area contributed by atoms with Gasteiger partial charge in [-0.15, -0.1) is 0 Å². The second-order valence-corrected chi connectivity index (χ2v) is 2.39. The summed E-state index contributed by atoms with van der Waals surface area (Å²) in [5.74, 6) is -1.03. The van der Waals surface area contributed by atoms with Gasteiger partial charge in [0.15, 0.2) is 6.29 Å². The number of carbonyl (C=O) groups excluding carboxylic acids is 1. The zero-order valence-corrected chi connectivity index (χ0v) is 7.67. The maximum Gasteiger partial charge on any atom is 0.341 e. The van der Waals surface area contributed by atoms with Crippen LogP contribution in [0.3, 0.4) is 0 Å². The Hall–Kier alpha value is -0.690. The molecular weight excluding hydrogens is 180 g/mol. The molecule has 4 N–H and O–H groups in total. The smallest absolute Gasteiger partial charge is 0.341 e. The molecule has 0 rings (SSSR count). The third-order valence-corrected chi connectivity index (χ3v) is 1.19. The highest BCUT2D eigenvalue weighted by Crippen LogP contribution is 1.95. The van der Waals surface area contributed by atoms with Crippen molar-refractivity contribution in [1.29, 1.82) is 0 Å². The Bertz CT molecular complexity index is 118. The summed E-state index contributed by atoms with van der Waals surface area (Å²) in [5.41, 5.74) is 0. The zero-order valence-electron chi connectivity index (χ0n) is 7.67. The Balaban J connectivity index is 0. The maximum absolute atomic E-state index is 9.71. The van der Waals surface area contributed by atoms with Crippen LogP contribution in [-0.2, 0) is 9.68 Å². The van der Waals surface area contributed by atoms with Crippen molar-refractivity contribution in [3.8, 4) is 0 Å². The Morgan fingerprint density at radius 3 is 1.92 bits per heavy atom. The highest BCUT2D eigenvalue weighted by Gasteiger charge is 2.06. The van der Waals surface area contributed by atoms with Crippen LogP contribution >= 0.6 is 0 Å². The highest BCUT2D eigenvalue weighted by atomic mass is 17.1. The number of rotatable bonds is 3. The summed E-state index contributed by atoms with van der Waals surface area (Å²) in [5, 5.41) is 32.1. The molecule has 0 aliphatic rings. The third-order valence-electron chi connectivity index (χ3n) is 1.19. The van der Waals surface area contributed by atoms with Crippen molar-refractivity contribution in [2.45, 2.75) is 26.6 Å². The Morgan fingerprint density at radius 1 is 1.46 bits per heavy atom. The first-order valence-electron chi connectivity index (χ1n) is 3.80. The molecule has 0 bridgehead atoms. The molecule has 0 saturated carbocycles. The van der Waals surface area contributed by atoms with E-state index < -0.39 is 18.2 Å². The van der Waals surface area contributed by atoms with Gasteiger partial charge in [0, 0.05) is 12.3 Å². The molecule has 0 amide bonds. The third kappa shape index (κ3) is 11.3. The van der Waals surface area contributed by atoms with Gasteiger partial charge in [0.1, 0.15) is 0 Å². The predicted octanol–water partition coefficient (Wildman–Crippen LogP) is -0.662. The van der Waals surface area contributed by atoms with E-state index in [1.807, 2.05) is 0 Å². The molecule has 0 aromatic heterocycles. The van der Waals surface area contributed by atoms with Crippen LogP contribution in [-0.4, -0.2) is 39.4 Å². The van der Waals surface area contributed by atoms with Gasteiger partial charge in [0.25, 0.3) is 0 Å². The van der Waals surface area contributed by atoms with E-state index in [1.54, 1.807) is 13.8 Å². The van der Waals surface area contributed by atoms with E-state index in [0.29, 0.717) is 0 Å². The van der Waals surface area contributed by atoms with Crippen LogP contribution in [0, 0.1) is 5.92 Å². The lowest BCUT2D eigenvalue weighted by Gasteiger charge is -2.07. The van der Waals surface area contributed by atoms with Crippen LogP contribution in [0.4, 0.5) is 0 Å². The number of aliphatic hydroxyl groups excluding tert-OH is 2. The van der Waals surface area contributed by atoms with E-state index in [2.05, 4.69) is 4.89 Å². The molecule has 0 spiro atoms. The van der Waals surface area contributed by atoms with Gasteiger partial charge in [-0.05, 0) is 0 Å². The SMILES string of the molecule is CC(CO)C(O)O.CCC(=O)OO. The molecule has 0 aromatic rings. The Kier molecular flexibility index (Phi) is 10.7. The van der Waals surface area contributed by atoms with Crippen LogP contribution in [0.25, 0.3) is 0 Å². The summed E-state index contributed by atoms with van der Waals surface area (Å²) in [6.07, 6.45) is -1.17. The second kappa shape index (κ2) is 9.40. The van der Waals surface area contributed by atoms with Gasteiger partial charge in [-0.1, -0.05) is 13.8 Å². The quantitative estimate of drug-likeness (QED) is 0.271. The minimum atomic E-state index is -1.38. The molecule has 1 atom stereocenters. The van der Waals surface area contributed by atoms with E-state index in [4.69, 9.17) is 20.6 Å². The summed E-state index contributed by atoms with van der Waals surface area (Å²) >= 11 is 0. The topological polar surface area (TPSA) is 107 Å². The first kappa shape index (κ1) is 14.8. The van der Waals surface area contributed by atoms with Crippen molar-refractivity contribution in [2.24, 2.45) is 5.92 Å². The summed E-state index contributed by atoms with van der Waals surface area (Å²) in [4.78, 5) is 13.0. The molecule has 0 aromatic carbocycles. The lowest BCUT2D eigenvalue weighted by molar-refractivity contribution is -0.233. The van der Waals surface area contributed by atoms with E-state index in [1.165, 1.54) is 0 Å². The van der Waals surface area contributed by atoms with Crippen LogP contribution in [0.2, 0.25) is 0 Å². The van der Waals surface area contributed by atoms with Gasteiger partial charge in [0.05, 0.1) is 6.61 Å². The highest BCUT2D eigenvalue weighted by molar-refractivity contribution is 5.67. The van der Waals surface area contributed by atoms with E-state index in [-0.39, 0.29) is 13.0 Å². The van der Waals surface area contributed by atoms with Crippen LogP contribution in [0.15, 0.2) is 0 Å². The number of aliphatic hydroxyl groups is 3. The Morgan fingerprint density at radius 2 is 1.92 bits per heavy atom. The van der Waals surface area contributed by atoms with E-state index in [9.17, 15) is 4.79 Å². The molecule has 1 unspecified atom stereocenters. The normalized spacial score (nSPS) is 11.6. The second-order valence-electron chi connectivity index (χ2n) is 2.39. The lowest BCUT2D eigenvalue weighted by atomic mass is 10.2. The van der Waals surface area contributed by atoms with Crippen molar-refractivity contribution in [1.82, 2.24) is 0 Å². The molecule has 0 aliphatic carbocycles. The number of hydrogen-bond donors (Lipinski definition) is 4.